The van der Waals surface area contributed by atoms with E-state index in [2.05, 4.69) is 0 Å². The molecule has 0 saturated carbocycles. The van der Waals surface area contributed by atoms with E-state index in [4.69, 9.17) is 5.11 Å². The summed E-state index contributed by atoms with van der Waals surface area (Å²) in [4.78, 5) is 24.4. The number of aliphatic hydroxyl groups excluding tert-OH is 2. The molecular weight excluding hydrogens is 290 g/mol. The lowest BCUT2D eigenvalue weighted by Crippen LogP contribution is -2.70. The van der Waals surface area contributed by atoms with Gasteiger partial charge in [-0.2, -0.15) is 0 Å². The Morgan fingerprint density at radius 3 is 2.18 bits per heavy atom. The second kappa shape index (κ2) is 6.52. The standard InChI is InChI=1S/C15H27NO6/c1-14(2)8-11(18)9(5-6-17)15(3,4)16(14)10(13(21)22)7-12(19)20/h9-11,17-18H,5-8H2,1-4H3,(H,19,20)(H,21,22). The van der Waals surface area contributed by atoms with E-state index in [0.717, 1.165) is 0 Å². The highest BCUT2D eigenvalue weighted by molar-refractivity contribution is 5.80. The van der Waals surface area contributed by atoms with Crippen LogP contribution in [0.5, 0.6) is 0 Å². The van der Waals surface area contributed by atoms with Gasteiger partial charge in [-0.15, -0.1) is 0 Å². The lowest BCUT2D eigenvalue weighted by molar-refractivity contribution is -0.177. The molecule has 0 aromatic carbocycles. The molecule has 1 fully saturated rings. The molecule has 3 atom stereocenters. The third-order valence-electron chi connectivity index (χ3n) is 4.76. The van der Waals surface area contributed by atoms with Crippen LogP contribution >= 0.6 is 0 Å². The number of piperidine rings is 1. The third kappa shape index (κ3) is 3.59. The summed E-state index contributed by atoms with van der Waals surface area (Å²) in [6.07, 6.45) is -0.526. The predicted molar refractivity (Wildman–Crippen MR) is 79.5 cm³/mol. The fourth-order valence-corrected chi connectivity index (χ4v) is 4.14. The summed E-state index contributed by atoms with van der Waals surface area (Å²) >= 11 is 0. The van der Waals surface area contributed by atoms with E-state index in [9.17, 15) is 24.9 Å². The summed E-state index contributed by atoms with van der Waals surface area (Å²) in [5.74, 6) is -2.70. The van der Waals surface area contributed by atoms with Crippen molar-refractivity contribution in [2.75, 3.05) is 6.61 Å². The first kappa shape index (κ1) is 18.9. The highest BCUT2D eigenvalue weighted by Crippen LogP contribution is 2.45. The first-order valence-corrected chi connectivity index (χ1v) is 7.48. The molecule has 1 heterocycles. The summed E-state index contributed by atoms with van der Waals surface area (Å²) in [5, 5.41) is 38.2. The van der Waals surface area contributed by atoms with E-state index in [-0.39, 0.29) is 12.5 Å². The molecule has 1 rings (SSSR count). The number of carbonyl (C=O) groups is 2. The summed E-state index contributed by atoms with van der Waals surface area (Å²) in [6, 6.07) is -1.18. The van der Waals surface area contributed by atoms with Gasteiger partial charge in [-0.05, 0) is 40.5 Å². The minimum atomic E-state index is -1.19. The number of aliphatic carboxylic acids is 2. The minimum Gasteiger partial charge on any atom is -0.481 e. The number of likely N-dealkylation sites (tertiary alicyclic amines) is 1. The summed E-state index contributed by atoms with van der Waals surface area (Å²) in [7, 11) is 0. The maximum absolute atomic E-state index is 11.6. The SMILES string of the molecule is CC1(C)CC(O)C(CCO)C(C)(C)N1C(CC(=O)O)C(=O)O. The van der Waals surface area contributed by atoms with Gasteiger partial charge in [0.05, 0.1) is 12.5 Å². The molecule has 0 aromatic heterocycles. The quantitative estimate of drug-likeness (QED) is 0.564. The van der Waals surface area contributed by atoms with E-state index in [1.165, 1.54) is 0 Å². The van der Waals surface area contributed by atoms with E-state index in [1.807, 2.05) is 13.8 Å². The van der Waals surface area contributed by atoms with Crippen molar-refractivity contribution in [3.63, 3.8) is 0 Å². The second-order valence-corrected chi connectivity index (χ2v) is 7.18. The van der Waals surface area contributed by atoms with Gasteiger partial charge in [-0.25, -0.2) is 0 Å². The lowest BCUT2D eigenvalue weighted by Gasteiger charge is -2.60. The van der Waals surface area contributed by atoms with Gasteiger partial charge in [-0.1, -0.05) is 0 Å². The van der Waals surface area contributed by atoms with Crippen LogP contribution in [0.15, 0.2) is 0 Å². The van der Waals surface area contributed by atoms with Gasteiger partial charge >= 0.3 is 11.9 Å². The highest BCUT2D eigenvalue weighted by atomic mass is 16.4. The maximum atomic E-state index is 11.6. The third-order valence-corrected chi connectivity index (χ3v) is 4.76. The van der Waals surface area contributed by atoms with Gasteiger partial charge in [-0.3, -0.25) is 14.5 Å². The van der Waals surface area contributed by atoms with Crippen LogP contribution in [0, 0.1) is 5.92 Å². The molecule has 0 aromatic rings. The molecule has 1 saturated heterocycles. The van der Waals surface area contributed by atoms with Gasteiger partial charge < -0.3 is 20.4 Å². The molecule has 128 valence electrons. The predicted octanol–water partition coefficient (Wildman–Crippen LogP) is 0.537. The van der Waals surface area contributed by atoms with Gasteiger partial charge in [0.2, 0.25) is 0 Å². The second-order valence-electron chi connectivity index (χ2n) is 7.18. The van der Waals surface area contributed by atoms with E-state index in [1.54, 1.807) is 18.7 Å². The maximum Gasteiger partial charge on any atom is 0.321 e. The van der Waals surface area contributed by atoms with Crippen LogP contribution in [0.2, 0.25) is 0 Å². The molecule has 0 amide bonds. The number of hydrogen-bond donors (Lipinski definition) is 4. The molecule has 7 heteroatoms. The molecule has 4 N–H and O–H groups in total. The van der Waals surface area contributed by atoms with Crippen LogP contribution in [0.4, 0.5) is 0 Å². The van der Waals surface area contributed by atoms with Crippen molar-refractivity contribution >= 4 is 11.9 Å². The summed E-state index contributed by atoms with van der Waals surface area (Å²) in [5.41, 5.74) is -1.43. The van der Waals surface area contributed by atoms with Crippen molar-refractivity contribution in [2.24, 2.45) is 5.92 Å². The van der Waals surface area contributed by atoms with Gasteiger partial charge in [0.15, 0.2) is 0 Å². The van der Waals surface area contributed by atoms with Gasteiger partial charge in [0.1, 0.15) is 6.04 Å². The zero-order valence-electron chi connectivity index (χ0n) is 13.6. The van der Waals surface area contributed by atoms with Crippen LogP contribution in [-0.2, 0) is 9.59 Å². The number of carboxylic acid groups (broad SMARTS) is 2. The fourth-order valence-electron chi connectivity index (χ4n) is 4.14. The first-order valence-electron chi connectivity index (χ1n) is 7.48. The largest absolute Gasteiger partial charge is 0.481 e. The molecular formula is C15H27NO6. The minimum absolute atomic E-state index is 0.115. The van der Waals surface area contributed by atoms with E-state index < -0.39 is 41.6 Å². The molecule has 1 aliphatic rings. The van der Waals surface area contributed by atoms with Crippen molar-refractivity contribution in [2.45, 2.75) is 70.2 Å². The Bertz CT molecular complexity index is 434. The number of carboxylic acids is 2. The molecule has 1 aliphatic heterocycles. The summed E-state index contributed by atoms with van der Waals surface area (Å²) in [6.45, 7) is 7.11. The van der Waals surface area contributed by atoms with Crippen LogP contribution in [0.25, 0.3) is 0 Å². The van der Waals surface area contributed by atoms with Gasteiger partial charge in [0.25, 0.3) is 0 Å². The normalized spacial score (nSPS) is 29.0. The van der Waals surface area contributed by atoms with Crippen LogP contribution in [0.3, 0.4) is 0 Å². The Kier molecular flexibility index (Phi) is 5.59. The molecule has 0 radical (unpaired) electrons. The molecule has 22 heavy (non-hydrogen) atoms. The lowest BCUT2D eigenvalue weighted by atomic mass is 9.68. The van der Waals surface area contributed by atoms with Gasteiger partial charge in [0, 0.05) is 23.6 Å². The number of rotatable bonds is 6. The zero-order chi connectivity index (χ0) is 17.3. The number of hydrogen-bond acceptors (Lipinski definition) is 5. The Hall–Kier alpha value is -1.18. The molecule has 0 aliphatic carbocycles. The Balaban J connectivity index is 3.30. The van der Waals surface area contributed by atoms with Crippen molar-refractivity contribution < 1.29 is 30.0 Å². The fraction of sp³-hybridized carbons (Fsp3) is 0.867. The first-order chi connectivity index (χ1) is 9.95. The number of nitrogens with zero attached hydrogens (tertiary/aromatic N) is 1. The van der Waals surface area contributed by atoms with E-state index in [0.29, 0.717) is 12.8 Å². The van der Waals surface area contributed by atoms with Crippen molar-refractivity contribution in [1.82, 2.24) is 4.90 Å². The number of aliphatic hydroxyl groups is 2. The van der Waals surface area contributed by atoms with Crippen molar-refractivity contribution in [3.05, 3.63) is 0 Å². The zero-order valence-corrected chi connectivity index (χ0v) is 13.6. The Morgan fingerprint density at radius 1 is 1.23 bits per heavy atom. The molecule has 3 unspecified atom stereocenters. The monoisotopic (exact) mass is 317 g/mol. The summed E-state index contributed by atoms with van der Waals surface area (Å²) < 4.78 is 0. The van der Waals surface area contributed by atoms with Crippen LogP contribution < -0.4 is 0 Å². The van der Waals surface area contributed by atoms with Crippen LogP contribution in [-0.4, -0.2) is 67.1 Å². The van der Waals surface area contributed by atoms with Crippen molar-refractivity contribution in [1.29, 1.82) is 0 Å². The Morgan fingerprint density at radius 2 is 1.77 bits per heavy atom. The average Bonchev–Trinajstić information content (AvgIpc) is 2.31. The average molecular weight is 317 g/mol. The topological polar surface area (TPSA) is 118 Å². The van der Waals surface area contributed by atoms with Crippen molar-refractivity contribution in [3.8, 4) is 0 Å². The molecule has 0 bridgehead atoms. The molecule has 7 nitrogen and oxygen atoms in total. The Labute approximate surface area is 130 Å². The van der Waals surface area contributed by atoms with E-state index >= 15 is 0 Å². The smallest absolute Gasteiger partial charge is 0.321 e. The molecule has 0 spiro atoms. The highest BCUT2D eigenvalue weighted by Gasteiger charge is 2.54. The van der Waals surface area contributed by atoms with Crippen LogP contribution in [0.1, 0.15) is 47.0 Å².